The Bertz CT molecular complexity index is 1160. The quantitative estimate of drug-likeness (QED) is 0.506. The molecular formula is C26H31F3N4O4. The van der Waals surface area contributed by atoms with E-state index in [1.54, 1.807) is 33.8 Å². The zero-order chi connectivity index (χ0) is 27.5. The van der Waals surface area contributed by atoms with Crippen molar-refractivity contribution < 1.29 is 32.3 Å². The molecule has 0 aliphatic carbocycles. The minimum atomic E-state index is -4.46. The first-order valence-electron chi connectivity index (χ1n) is 11.9. The molecule has 0 radical (unpaired) electrons. The van der Waals surface area contributed by atoms with Gasteiger partial charge in [0.05, 0.1) is 23.5 Å². The third-order valence-electron chi connectivity index (χ3n) is 5.85. The lowest BCUT2D eigenvalue weighted by molar-refractivity contribution is -0.146. The van der Waals surface area contributed by atoms with Crippen LogP contribution in [0.2, 0.25) is 0 Å². The van der Waals surface area contributed by atoms with Crippen molar-refractivity contribution in [3.63, 3.8) is 0 Å². The van der Waals surface area contributed by atoms with Gasteiger partial charge in [-0.15, -0.1) is 0 Å². The molecule has 2 aromatic rings. The van der Waals surface area contributed by atoms with E-state index < -0.39 is 41.3 Å². The number of benzene rings is 1. The summed E-state index contributed by atoms with van der Waals surface area (Å²) in [5.74, 6) is -1.31. The fourth-order valence-corrected chi connectivity index (χ4v) is 4.11. The number of aromatic nitrogens is 1. The highest BCUT2D eigenvalue weighted by molar-refractivity contribution is 6.39. The van der Waals surface area contributed by atoms with E-state index in [2.05, 4.69) is 15.6 Å². The van der Waals surface area contributed by atoms with Crippen molar-refractivity contribution in [3.8, 4) is 0 Å². The second kappa shape index (κ2) is 10.8. The van der Waals surface area contributed by atoms with Crippen molar-refractivity contribution in [2.45, 2.75) is 65.3 Å². The topological polar surface area (TPSA) is 101 Å². The molecule has 2 N–H and O–H groups in total. The normalized spacial score (nSPS) is 18.2. The van der Waals surface area contributed by atoms with Crippen molar-refractivity contribution in [1.29, 1.82) is 0 Å². The zero-order valence-corrected chi connectivity index (χ0v) is 21.4. The molecule has 2 heterocycles. The van der Waals surface area contributed by atoms with E-state index in [-0.39, 0.29) is 17.4 Å². The molecule has 3 amide bonds. The molecule has 1 aromatic heterocycles. The summed E-state index contributed by atoms with van der Waals surface area (Å²) in [6.07, 6.45) is -2.54. The van der Waals surface area contributed by atoms with Gasteiger partial charge in [0, 0.05) is 6.54 Å². The summed E-state index contributed by atoms with van der Waals surface area (Å²) in [6, 6.07) is 5.71. The third-order valence-corrected chi connectivity index (χ3v) is 5.85. The Balaban J connectivity index is 1.72. The first-order valence-corrected chi connectivity index (χ1v) is 11.9. The van der Waals surface area contributed by atoms with Crippen LogP contribution >= 0.6 is 0 Å². The molecule has 11 heteroatoms. The maximum absolute atomic E-state index is 13.1. The van der Waals surface area contributed by atoms with Crippen molar-refractivity contribution in [2.24, 2.45) is 5.92 Å². The summed E-state index contributed by atoms with van der Waals surface area (Å²) < 4.78 is 44.1. The van der Waals surface area contributed by atoms with E-state index in [1.165, 1.54) is 23.2 Å². The molecule has 1 aliphatic rings. The number of ether oxygens (including phenoxy) is 1. The fourth-order valence-electron chi connectivity index (χ4n) is 4.11. The Hall–Kier alpha value is -3.63. The summed E-state index contributed by atoms with van der Waals surface area (Å²) in [5, 5.41) is 5.06. The molecule has 0 spiro atoms. The van der Waals surface area contributed by atoms with Gasteiger partial charge in [0.1, 0.15) is 11.4 Å². The molecule has 1 aliphatic heterocycles. The highest BCUT2D eigenvalue weighted by atomic mass is 19.4. The van der Waals surface area contributed by atoms with E-state index in [0.29, 0.717) is 24.1 Å². The predicted molar refractivity (Wildman–Crippen MR) is 132 cm³/mol. The highest BCUT2D eigenvalue weighted by Gasteiger charge is 2.35. The number of nitrogens with one attached hydrogen (secondary N) is 2. The predicted octanol–water partition coefficient (Wildman–Crippen LogP) is 5.69. The molecule has 3 rings (SSSR count). The molecule has 0 bridgehead atoms. The van der Waals surface area contributed by atoms with Crippen LogP contribution in [0.4, 0.5) is 29.5 Å². The molecule has 37 heavy (non-hydrogen) atoms. The van der Waals surface area contributed by atoms with Gasteiger partial charge >= 0.3 is 24.1 Å². The number of hydrogen-bond donors (Lipinski definition) is 2. The van der Waals surface area contributed by atoms with Gasteiger partial charge in [0.2, 0.25) is 0 Å². The van der Waals surface area contributed by atoms with Gasteiger partial charge in [0.15, 0.2) is 0 Å². The molecule has 1 aromatic carbocycles. The number of halogens is 3. The number of rotatable bonds is 3. The summed E-state index contributed by atoms with van der Waals surface area (Å²) in [5.41, 5.74) is -0.136. The monoisotopic (exact) mass is 520 g/mol. The Labute approximate surface area is 213 Å². The van der Waals surface area contributed by atoms with Gasteiger partial charge in [-0.2, -0.15) is 13.2 Å². The van der Waals surface area contributed by atoms with Crippen molar-refractivity contribution >= 4 is 29.4 Å². The Morgan fingerprint density at radius 3 is 2.27 bits per heavy atom. The van der Waals surface area contributed by atoms with E-state index in [9.17, 15) is 27.6 Å². The van der Waals surface area contributed by atoms with Gasteiger partial charge in [-0.25, -0.2) is 9.78 Å². The number of pyridine rings is 1. The Morgan fingerprint density at radius 1 is 1.05 bits per heavy atom. The van der Waals surface area contributed by atoms with E-state index in [4.69, 9.17) is 4.74 Å². The minimum Gasteiger partial charge on any atom is -0.444 e. The maximum Gasteiger partial charge on any atom is 0.416 e. The summed E-state index contributed by atoms with van der Waals surface area (Å²) in [7, 11) is 0. The van der Waals surface area contributed by atoms with E-state index in [1.807, 2.05) is 6.92 Å². The van der Waals surface area contributed by atoms with Crippen LogP contribution in [0.5, 0.6) is 0 Å². The molecule has 0 saturated carbocycles. The lowest BCUT2D eigenvalue weighted by Gasteiger charge is -2.38. The average molecular weight is 521 g/mol. The Morgan fingerprint density at radius 2 is 1.70 bits per heavy atom. The van der Waals surface area contributed by atoms with E-state index in [0.717, 1.165) is 18.6 Å². The van der Waals surface area contributed by atoms with Crippen LogP contribution in [0.1, 0.15) is 63.3 Å². The molecule has 2 atom stereocenters. The third kappa shape index (κ3) is 7.43. The van der Waals surface area contributed by atoms with E-state index >= 15 is 0 Å². The number of alkyl halides is 3. The Kier molecular flexibility index (Phi) is 8.14. The first kappa shape index (κ1) is 27.9. The smallest absolute Gasteiger partial charge is 0.416 e. The van der Waals surface area contributed by atoms with Crippen molar-refractivity contribution in [1.82, 2.24) is 9.88 Å². The number of anilines is 2. The molecule has 1 saturated heterocycles. The highest BCUT2D eigenvalue weighted by Crippen LogP contribution is 2.36. The van der Waals surface area contributed by atoms with Crippen molar-refractivity contribution in [3.05, 3.63) is 53.2 Å². The maximum atomic E-state index is 13.1. The second-order valence-electron chi connectivity index (χ2n) is 10.2. The summed E-state index contributed by atoms with van der Waals surface area (Å²) >= 11 is 0. The van der Waals surface area contributed by atoms with Crippen LogP contribution in [0.25, 0.3) is 0 Å². The van der Waals surface area contributed by atoms with Crippen LogP contribution < -0.4 is 10.6 Å². The SMILES string of the molecule is Cc1cc(NC(=O)C(=O)N2C[C@H](C)CC[C@H]2c2ccc(C(F)(F)F)cc2)cnc1NC(=O)OC(C)(C)C. The van der Waals surface area contributed by atoms with Gasteiger partial charge in [-0.1, -0.05) is 19.1 Å². The number of carbonyl (C=O) groups is 3. The number of likely N-dealkylation sites (tertiary alicyclic amines) is 1. The van der Waals surface area contributed by atoms with Crippen molar-refractivity contribution in [2.75, 3.05) is 17.2 Å². The van der Waals surface area contributed by atoms with Crippen LogP contribution in [-0.4, -0.2) is 39.9 Å². The first-order chi connectivity index (χ1) is 17.1. The zero-order valence-electron chi connectivity index (χ0n) is 21.4. The van der Waals surface area contributed by atoms with Gasteiger partial charge in [-0.05, 0) is 75.8 Å². The largest absolute Gasteiger partial charge is 0.444 e. The van der Waals surface area contributed by atoms with Crippen LogP contribution in [0.15, 0.2) is 36.5 Å². The van der Waals surface area contributed by atoms with Crippen LogP contribution in [-0.2, 0) is 20.5 Å². The summed E-state index contributed by atoms with van der Waals surface area (Å²) in [6.45, 7) is 9.11. The number of aryl methyl sites for hydroxylation is 1. The fraction of sp³-hybridized carbons (Fsp3) is 0.462. The number of nitrogens with zero attached hydrogens (tertiary/aromatic N) is 2. The lowest BCUT2D eigenvalue weighted by atomic mass is 9.89. The molecule has 200 valence electrons. The number of piperidine rings is 1. The molecule has 1 fully saturated rings. The lowest BCUT2D eigenvalue weighted by Crippen LogP contribution is -2.46. The average Bonchev–Trinajstić information content (AvgIpc) is 2.78. The van der Waals surface area contributed by atoms with Gasteiger partial charge < -0.3 is 15.0 Å². The number of carbonyl (C=O) groups excluding carboxylic acids is 3. The minimum absolute atomic E-state index is 0.129. The molecule has 0 unspecified atom stereocenters. The molecular weight excluding hydrogens is 489 g/mol. The number of amides is 3. The van der Waals surface area contributed by atoms with Gasteiger partial charge in [0.25, 0.3) is 0 Å². The standard InChI is InChI=1S/C26H31F3N4O4/c1-15-6-11-20(17-7-9-18(10-8-17)26(27,28)29)33(14-15)23(35)22(34)31-19-12-16(2)21(30-13-19)32-24(36)37-25(3,4)5/h7-10,12-13,15,20H,6,11,14H2,1-5H3,(H,31,34)(H,30,32,36)/t15-,20+/m1/s1. The molecule has 8 nitrogen and oxygen atoms in total. The van der Waals surface area contributed by atoms with Gasteiger partial charge in [-0.3, -0.25) is 14.9 Å². The second-order valence-corrected chi connectivity index (χ2v) is 10.2. The summed E-state index contributed by atoms with van der Waals surface area (Å²) in [4.78, 5) is 43.5. The number of hydrogen-bond acceptors (Lipinski definition) is 5. The van der Waals surface area contributed by atoms with Crippen LogP contribution in [0.3, 0.4) is 0 Å². The van der Waals surface area contributed by atoms with Crippen LogP contribution in [0, 0.1) is 12.8 Å².